The molecule has 8 heavy (non-hydrogen) atoms. The highest BCUT2D eigenvalue weighted by Crippen LogP contribution is 1.83. The molecule has 0 atom stereocenters. The number of allylic oxidation sites excluding steroid dienone is 2. The summed E-state index contributed by atoms with van der Waals surface area (Å²) >= 11 is 0. The maximum absolute atomic E-state index is 5.01. The Morgan fingerprint density at radius 1 is 1.75 bits per heavy atom. The van der Waals surface area contributed by atoms with E-state index in [2.05, 4.69) is 11.6 Å². The highest BCUT2D eigenvalue weighted by molar-refractivity contribution is 5.71. The van der Waals surface area contributed by atoms with Crippen LogP contribution in [0.3, 0.4) is 0 Å². The standard InChI is InChI=1S/C6H10N2/c1-6(2)8-5-3-4-7/h3-5H,1,7H2,2H3/b4-3-,8-5-. The van der Waals surface area contributed by atoms with Gasteiger partial charge >= 0.3 is 0 Å². The molecule has 2 nitrogen and oxygen atoms in total. The first-order valence-electron chi connectivity index (χ1n) is 2.34. The van der Waals surface area contributed by atoms with E-state index in [1.807, 2.05) is 6.92 Å². The van der Waals surface area contributed by atoms with Crippen molar-refractivity contribution in [3.63, 3.8) is 0 Å². The Hall–Kier alpha value is -1.05. The van der Waals surface area contributed by atoms with E-state index >= 15 is 0 Å². The average Bonchev–Trinajstić information content (AvgIpc) is 1.66. The molecular formula is C6H10N2. The van der Waals surface area contributed by atoms with Crippen LogP contribution in [0, 0.1) is 0 Å². The Bertz CT molecular complexity index is 122. The van der Waals surface area contributed by atoms with Gasteiger partial charge in [0.1, 0.15) is 0 Å². The first-order chi connectivity index (χ1) is 3.77. The van der Waals surface area contributed by atoms with Crippen LogP contribution < -0.4 is 5.73 Å². The summed E-state index contributed by atoms with van der Waals surface area (Å²) in [5.41, 5.74) is 5.79. The molecule has 0 amide bonds. The van der Waals surface area contributed by atoms with Gasteiger partial charge in [-0.1, -0.05) is 6.58 Å². The average molecular weight is 110 g/mol. The van der Waals surface area contributed by atoms with E-state index in [0.717, 1.165) is 5.70 Å². The fraction of sp³-hybridized carbons (Fsp3) is 0.167. The van der Waals surface area contributed by atoms with E-state index in [1.165, 1.54) is 6.20 Å². The summed E-state index contributed by atoms with van der Waals surface area (Å²) in [4.78, 5) is 3.83. The number of nitrogens with zero attached hydrogens (tertiary/aromatic N) is 1. The molecule has 0 aliphatic rings. The molecule has 0 aliphatic carbocycles. The predicted molar refractivity (Wildman–Crippen MR) is 36.6 cm³/mol. The zero-order chi connectivity index (χ0) is 6.41. The molecule has 0 aliphatic heterocycles. The fourth-order valence-corrected chi connectivity index (χ4v) is 0.220. The summed E-state index contributed by atoms with van der Waals surface area (Å²) in [5, 5.41) is 0. The third-order valence-corrected chi connectivity index (χ3v) is 0.492. The first kappa shape index (κ1) is 6.95. The second-order valence-electron chi connectivity index (χ2n) is 1.40. The molecule has 0 bridgehead atoms. The lowest BCUT2D eigenvalue weighted by molar-refractivity contribution is 1.34. The first-order valence-corrected chi connectivity index (χ1v) is 2.34. The minimum Gasteiger partial charge on any atom is -0.405 e. The van der Waals surface area contributed by atoms with Crippen LogP contribution >= 0.6 is 0 Å². The van der Waals surface area contributed by atoms with E-state index in [4.69, 9.17) is 5.73 Å². The maximum Gasteiger partial charge on any atom is 0.0300 e. The second-order valence-corrected chi connectivity index (χ2v) is 1.40. The number of hydrogen-bond acceptors (Lipinski definition) is 2. The van der Waals surface area contributed by atoms with Crippen molar-refractivity contribution in [2.45, 2.75) is 6.92 Å². The number of aliphatic imine (C=N–C) groups is 1. The Morgan fingerprint density at radius 2 is 2.38 bits per heavy atom. The van der Waals surface area contributed by atoms with Crippen molar-refractivity contribution in [2.24, 2.45) is 10.7 Å². The molecule has 0 aromatic carbocycles. The minimum absolute atomic E-state index is 0.781. The van der Waals surface area contributed by atoms with Crippen molar-refractivity contribution < 1.29 is 0 Å². The largest absolute Gasteiger partial charge is 0.405 e. The molecule has 0 radical (unpaired) electrons. The van der Waals surface area contributed by atoms with Gasteiger partial charge in [-0.3, -0.25) is 4.99 Å². The van der Waals surface area contributed by atoms with E-state index in [0.29, 0.717) is 0 Å². The summed E-state index contributed by atoms with van der Waals surface area (Å²) in [6, 6.07) is 0. The Labute approximate surface area is 49.4 Å². The van der Waals surface area contributed by atoms with Gasteiger partial charge in [0, 0.05) is 11.9 Å². The SMILES string of the molecule is C=C(C)/N=C\C=C/N. The van der Waals surface area contributed by atoms with Crippen LogP contribution in [0.1, 0.15) is 6.92 Å². The molecule has 2 N–H and O–H groups in total. The lowest BCUT2D eigenvalue weighted by Gasteiger charge is -1.79. The lowest BCUT2D eigenvalue weighted by atomic mass is 10.6. The van der Waals surface area contributed by atoms with Crippen LogP contribution in [0.25, 0.3) is 0 Å². The second kappa shape index (κ2) is 4.12. The van der Waals surface area contributed by atoms with Gasteiger partial charge in [-0.2, -0.15) is 0 Å². The van der Waals surface area contributed by atoms with Gasteiger partial charge in [0.15, 0.2) is 0 Å². The van der Waals surface area contributed by atoms with Crippen molar-refractivity contribution in [1.29, 1.82) is 0 Å². The molecule has 0 spiro atoms. The summed E-state index contributed by atoms with van der Waals surface area (Å²) in [7, 11) is 0. The van der Waals surface area contributed by atoms with Gasteiger partial charge in [0.25, 0.3) is 0 Å². The monoisotopic (exact) mass is 110 g/mol. The number of rotatable bonds is 2. The van der Waals surface area contributed by atoms with Gasteiger partial charge in [0.2, 0.25) is 0 Å². The van der Waals surface area contributed by atoms with Crippen LogP contribution in [0.2, 0.25) is 0 Å². The van der Waals surface area contributed by atoms with Crippen LogP contribution in [0.15, 0.2) is 29.5 Å². The molecule has 0 saturated carbocycles. The summed E-state index contributed by atoms with van der Waals surface area (Å²) < 4.78 is 0. The third-order valence-electron chi connectivity index (χ3n) is 0.492. The quantitative estimate of drug-likeness (QED) is 0.530. The minimum atomic E-state index is 0.781. The molecule has 2 heteroatoms. The van der Waals surface area contributed by atoms with Crippen molar-refractivity contribution in [1.82, 2.24) is 0 Å². The van der Waals surface area contributed by atoms with Crippen LogP contribution in [0.4, 0.5) is 0 Å². The fourth-order valence-electron chi connectivity index (χ4n) is 0.220. The molecule has 44 valence electrons. The summed E-state index contributed by atoms with van der Waals surface area (Å²) in [6.07, 6.45) is 4.67. The number of hydrogen-bond donors (Lipinski definition) is 1. The molecule has 0 heterocycles. The van der Waals surface area contributed by atoms with Crippen molar-refractivity contribution >= 4 is 6.21 Å². The Kier molecular flexibility index (Phi) is 3.58. The Morgan fingerprint density at radius 3 is 2.75 bits per heavy atom. The van der Waals surface area contributed by atoms with Gasteiger partial charge in [0.05, 0.1) is 0 Å². The van der Waals surface area contributed by atoms with E-state index in [-0.39, 0.29) is 0 Å². The topological polar surface area (TPSA) is 38.4 Å². The van der Waals surface area contributed by atoms with E-state index < -0.39 is 0 Å². The van der Waals surface area contributed by atoms with Gasteiger partial charge < -0.3 is 5.73 Å². The molecule has 0 aromatic heterocycles. The summed E-state index contributed by atoms with van der Waals surface area (Å²) in [5.74, 6) is 0. The lowest BCUT2D eigenvalue weighted by Crippen LogP contribution is -1.75. The van der Waals surface area contributed by atoms with Crippen LogP contribution in [-0.2, 0) is 0 Å². The van der Waals surface area contributed by atoms with Crippen molar-refractivity contribution in [2.75, 3.05) is 0 Å². The third kappa shape index (κ3) is 4.95. The predicted octanol–water partition coefficient (Wildman–Crippen LogP) is 1.06. The molecule has 0 fully saturated rings. The van der Waals surface area contributed by atoms with Crippen molar-refractivity contribution in [3.05, 3.63) is 24.6 Å². The van der Waals surface area contributed by atoms with Gasteiger partial charge in [-0.15, -0.1) is 0 Å². The van der Waals surface area contributed by atoms with E-state index in [1.54, 1.807) is 12.3 Å². The molecular weight excluding hydrogens is 100 g/mol. The van der Waals surface area contributed by atoms with Crippen molar-refractivity contribution in [3.8, 4) is 0 Å². The molecule has 0 saturated heterocycles. The normalized spacial score (nSPS) is 11.1. The maximum atomic E-state index is 5.01. The highest BCUT2D eigenvalue weighted by atomic mass is 14.7. The summed E-state index contributed by atoms with van der Waals surface area (Å²) in [6.45, 7) is 5.37. The van der Waals surface area contributed by atoms with Gasteiger partial charge in [-0.05, 0) is 19.2 Å². The van der Waals surface area contributed by atoms with Crippen LogP contribution in [0.5, 0.6) is 0 Å². The van der Waals surface area contributed by atoms with Gasteiger partial charge in [-0.25, -0.2) is 0 Å². The molecule has 0 rings (SSSR count). The molecule has 0 unspecified atom stereocenters. The molecule has 0 aromatic rings. The number of nitrogens with two attached hydrogens (primary N) is 1. The zero-order valence-corrected chi connectivity index (χ0v) is 4.96. The van der Waals surface area contributed by atoms with Crippen LogP contribution in [-0.4, -0.2) is 6.21 Å². The van der Waals surface area contributed by atoms with E-state index in [9.17, 15) is 0 Å². The zero-order valence-electron chi connectivity index (χ0n) is 4.96. The Balaban J connectivity index is 3.50. The highest BCUT2D eigenvalue weighted by Gasteiger charge is 1.67. The smallest absolute Gasteiger partial charge is 0.0300 e.